The van der Waals surface area contributed by atoms with E-state index in [1.54, 1.807) is 12.0 Å². The Morgan fingerprint density at radius 3 is 2.68 bits per heavy atom. The molecule has 2 saturated heterocycles. The minimum Gasteiger partial charge on any atom is -0.497 e. The zero-order valence-electron chi connectivity index (χ0n) is 18.9. The molecule has 2 aliphatic heterocycles. The number of hydrogen-bond acceptors (Lipinski definition) is 7. The molecule has 8 heteroatoms. The average Bonchev–Trinajstić information content (AvgIpc) is 3.15. The number of nitrogens with zero attached hydrogens (tertiary/aromatic N) is 3. The van der Waals surface area contributed by atoms with Crippen LogP contribution in [0.5, 0.6) is 5.75 Å². The number of thioether (sulfide) groups is 1. The highest BCUT2D eigenvalue weighted by Gasteiger charge is 2.32. The topological polar surface area (TPSA) is 54.9 Å². The number of carbonyl (C=O) groups excluding carboxylic acids is 1. The highest BCUT2D eigenvalue weighted by Crippen LogP contribution is 2.35. The largest absolute Gasteiger partial charge is 0.497 e. The molecule has 3 heterocycles. The minimum atomic E-state index is -0.0513. The van der Waals surface area contributed by atoms with Gasteiger partial charge in [0.15, 0.2) is 0 Å². The Hall–Kier alpha value is -2.94. The Bertz CT molecular complexity index is 1250. The first-order valence-electron chi connectivity index (χ1n) is 11.2. The molecule has 34 heavy (non-hydrogen) atoms. The summed E-state index contributed by atoms with van der Waals surface area (Å²) in [5, 5.41) is 1.04. The molecule has 0 bridgehead atoms. The number of benzene rings is 2. The number of thiocarbonyl (C=S) groups is 1. The second-order valence-electron chi connectivity index (χ2n) is 8.12. The van der Waals surface area contributed by atoms with Crippen LogP contribution >= 0.6 is 24.0 Å². The number of fused-ring (bicyclic) bond motifs is 1. The molecular weight excluding hydrogens is 466 g/mol. The second kappa shape index (κ2) is 10.1. The van der Waals surface area contributed by atoms with Crippen LogP contribution in [0.4, 0.5) is 5.82 Å². The maximum atomic E-state index is 13.3. The van der Waals surface area contributed by atoms with Gasteiger partial charge < -0.3 is 14.4 Å². The van der Waals surface area contributed by atoms with Gasteiger partial charge in [0.2, 0.25) is 0 Å². The highest BCUT2D eigenvalue weighted by molar-refractivity contribution is 8.26. The van der Waals surface area contributed by atoms with Crippen LogP contribution in [0.2, 0.25) is 0 Å². The van der Waals surface area contributed by atoms with Gasteiger partial charge in [0.1, 0.15) is 15.9 Å². The summed E-state index contributed by atoms with van der Waals surface area (Å²) in [6, 6.07) is 18.1. The quantitative estimate of drug-likeness (QED) is 0.371. The molecule has 2 aromatic carbocycles. The van der Waals surface area contributed by atoms with Crippen LogP contribution in [0.15, 0.2) is 59.5 Å². The van der Waals surface area contributed by atoms with E-state index in [-0.39, 0.29) is 5.91 Å². The Morgan fingerprint density at radius 1 is 1.15 bits per heavy atom. The maximum absolute atomic E-state index is 13.3. The minimum absolute atomic E-state index is 0.0513. The first-order valence-corrected chi connectivity index (χ1v) is 12.5. The molecule has 2 aliphatic rings. The van der Waals surface area contributed by atoms with Crippen LogP contribution in [-0.4, -0.2) is 60.1 Å². The second-order valence-corrected chi connectivity index (χ2v) is 9.80. The summed E-state index contributed by atoms with van der Waals surface area (Å²) in [4.78, 5) is 22.8. The molecule has 0 aliphatic carbocycles. The van der Waals surface area contributed by atoms with Gasteiger partial charge in [-0.15, -0.1) is 0 Å². The van der Waals surface area contributed by atoms with Crippen LogP contribution in [-0.2, 0) is 16.0 Å². The summed E-state index contributed by atoms with van der Waals surface area (Å²) in [6.45, 7) is 3.42. The number of pyridine rings is 1. The summed E-state index contributed by atoms with van der Waals surface area (Å²) in [7, 11) is 1.65. The number of anilines is 1. The fourth-order valence-corrected chi connectivity index (χ4v) is 5.42. The first-order chi connectivity index (χ1) is 16.6. The van der Waals surface area contributed by atoms with Crippen molar-refractivity contribution in [3.8, 4) is 5.75 Å². The predicted octanol–water partition coefficient (Wildman–Crippen LogP) is 4.52. The van der Waals surface area contributed by atoms with E-state index >= 15 is 0 Å². The van der Waals surface area contributed by atoms with Crippen molar-refractivity contribution < 1.29 is 14.3 Å². The molecule has 1 aromatic heterocycles. The average molecular weight is 492 g/mol. The summed E-state index contributed by atoms with van der Waals surface area (Å²) >= 11 is 6.92. The monoisotopic (exact) mass is 491 g/mol. The van der Waals surface area contributed by atoms with Gasteiger partial charge in [-0.25, -0.2) is 4.98 Å². The molecule has 0 saturated carbocycles. The van der Waals surface area contributed by atoms with Gasteiger partial charge >= 0.3 is 0 Å². The molecule has 3 aromatic rings. The zero-order chi connectivity index (χ0) is 23.5. The van der Waals surface area contributed by atoms with E-state index in [2.05, 4.69) is 11.0 Å². The van der Waals surface area contributed by atoms with Crippen molar-refractivity contribution in [1.82, 2.24) is 9.88 Å². The van der Waals surface area contributed by atoms with Crippen molar-refractivity contribution >= 4 is 57.0 Å². The molecule has 6 nitrogen and oxygen atoms in total. The third-order valence-corrected chi connectivity index (χ3v) is 7.36. The number of para-hydroxylation sites is 1. The van der Waals surface area contributed by atoms with Crippen LogP contribution in [0.3, 0.4) is 0 Å². The Balaban J connectivity index is 1.40. The van der Waals surface area contributed by atoms with Gasteiger partial charge in [-0.05, 0) is 42.3 Å². The molecular formula is C26H25N3O3S2. The van der Waals surface area contributed by atoms with Crippen molar-refractivity contribution in [2.45, 2.75) is 6.42 Å². The van der Waals surface area contributed by atoms with E-state index in [9.17, 15) is 4.79 Å². The van der Waals surface area contributed by atoms with Gasteiger partial charge in [-0.1, -0.05) is 54.3 Å². The summed E-state index contributed by atoms with van der Waals surface area (Å²) < 4.78 is 11.3. The van der Waals surface area contributed by atoms with Crippen LogP contribution in [0.1, 0.15) is 11.1 Å². The standard InChI is InChI=1S/C26H25N3O3S2/c1-31-21-8-6-18(7-9-21)10-11-29-25(30)23(34-26(29)33)17-20-16-19-4-2-3-5-22(19)27-24(20)28-12-14-32-15-13-28/h2-9,16-17H,10-15H2,1H3/b23-17-. The maximum Gasteiger partial charge on any atom is 0.266 e. The van der Waals surface area contributed by atoms with Gasteiger partial charge in [-0.2, -0.15) is 0 Å². The third kappa shape index (κ3) is 4.80. The van der Waals surface area contributed by atoms with Crippen molar-refractivity contribution in [2.75, 3.05) is 44.9 Å². The number of morpholine rings is 1. The van der Waals surface area contributed by atoms with Crippen molar-refractivity contribution in [2.24, 2.45) is 0 Å². The smallest absolute Gasteiger partial charge is 0.266 e. The molecule has 174 valence electrons. The fourth-order valence-electron chi connectivity index (χ4n) is 4.12. The Kier molecular flexibility index (Phi) is 6.80. The van der Waals surface area contributed by atoms with Gasteiger partial charge in [0, 0.05) is 30.6 Å². The van der Waals surface area contributed by atoms with Crippen molar-refractivity contribution in [1.29, 1.82) is 0 Å². The van der Waals surface area contributed by atoms with E-state index < -0.39 is 0 Å². The zero-order valence-corrected chi connectivity index (χ0v) is 20.5. The normalized spacial score (nSPS) is 17.7. The van der Waals surface area contributed by atoms with Crippen molar-refractivity contribution in [3.63, 3.8) is 0 Å². The molecule has 0 unspecified atom stereocenters. The molecule has 2 fully saturated rings. The van der Waals surface area contributed by atoms with E-state index in [0.717, 1.165) is 53.1 Å². The van der Waals surface area contributed by atoms with E-state index in [0.29, 0.717) is 29.0 Å². The Labute approximate surface area is 208 Å². The first kappa shape index (κ1) is 22.8. The van der Waals surface area contributed by atoms with Crippen LogP contribution < -0.4 is 9.64 Å². The molecule has 5 rings (SSSR count). The van der Waals surface area contributed by atoms with Gasteiger partial charge in [0.25, 0.3) is 5.91 Å². The van der Waals surface area contributed by atoms with E-state index in [1.165, 1.54) is 11.8 Å². The summed E-state index contributed by atoms with van der Waals surface area (Å²) in [6.07, 6.45) is 2.66. The van der Waals surface area contributed by atoms with Gasteiger partial charge in [-0.3, -0.25) is 9.69 Å². The predicted molar refractivity (Wildman–Crippen MR) is 141 cm³/mol. The number of aromatic nitrogens is 1. The lowest BCUT2D eigenvalue weighted by Gasteiger charge is -2.29. The lowest BCUT2D eigenvalue weighted by atomic mass is 10.1. The third-order valence-electron chi connectivity index (χ3n) is 5.99. The SMILES string of the molecule is COc1ccc(CCN2C(=O)/C(=C/c3cc4ccccc4nc3N3CCOCC3)SC2=S)cc1. The molecule has 1 amide bonds. The van der Waals surface area contributed by atoms with Gasteiger partial charge in [0.05, 0.1) is 30.7 Å². The number of amides is 1. The van der Waals surface area contributed by atoms with Crippen LogP contribution in [0.25, 0.3) is 17.0 Å². The molecule has 0 spiro atoms. The van der Waals surface area contributed by atoms with E-state index in [4.69, 9.17) is 26.7 Å². The molecule has 0 radical (unpaired) electrons. The van der Waals surface area contributed by atoms with Crippen LogP contribution in [0, 0.1) is 0 Å². The Morgan fingerprint density at radius 2 is 1.91 bits per heavy atom. The number of hydrogen-bond donors (Lipinski definition) is 0. The molecule has 0 atom stereocenters. The lowest BCUT2D eigenvalue weighted by Crippen LogP contribution is -2.37. The highest BCUT2D eigenvalue weighted by atomic mass is 32.2. The van der Waals surface area contributed by atoms with E-state index in [1.807, 2.05) is 54.6 Å². The number of carbonyl (C=O) groups is 1. The number of ether oxygens (including phenoxy) is 2. The number of rotatable bonds is 6. The summed E-state index contributed by atoms with van der Waals surface area (Å²) in [5.74, 6) is 1.65. The fraction of sp³-hybridized carbons (Fsp3) is 0.269. The number of methoxy groups -OCH3 is 1. The lowest BCUT2D eigenvalue weighted by molar-refractivity contribution is -0.122. The summed E-state index contributed by atoms with van der Waals surface area (Å²) in [5.41, 5.74) is 3.00. The molecule has 0 N–H and O–H groups in total. The van der Waals surface area contributed by atoms with Crippen molar-refractivity contribution in [3.05, 3.63) is 70.6 Å².